The Morgan fingerprint density at radius 2 is 1.90 bits per heavy atom. The van der Waals surface area contributed by atoms with E-state index in [0.29, 0.717) is 5.56 Å². The summed E-state index contributed by atoms with van der Waals surface area (Å²) < 4.78 is 22.6. The second-order valence-corrected chi connectivity index (χ2v) is 7.74. The summed E-state index contributed by atoms with van der Waals surface area (Å²) in [5.74, 6) is -0.154. The normalized spacial score (nSPS) is 16.9. The summed E-state index contributed by atoms with van der Waals surface area (Å²) >= 11 is 0. The Hall–Kier alpha value is -1.07. The molecule has 1 aromatic rings. The van der Waals surface area contributed by atoms with Crippen LogP contribution in [-0.4, -0.2) is 32.3 Å². The van der Waals surface area contributed by atoms with E-state index < -0.39 is 9.05 Å². The Balaban J connectivity index is 2.20. The van der Waals surface area contributed by atoms with E-state index in [0.717, 1.165) is 25.7 Å². The molecule has 0 heterocycles. The minimum atomic E-state index is -3.81. The highest BCUT2D eigenvalue weighted by atomic mass is 35.7. The van der Waals surface area contributed by atoms with Gasteiger partial charge in [0.2, 0.25) is 0 Å². The third kappa shape index (κ3) is 3.52. The maximum Gasteiger partial charge on any atom is 0.261 e. The summed E-state index contributed by atoms with van der Waals surface area (Å²) in [6.45, 7) is 0. The summed E-state index contributed by atoms with van der Waals surface area (Å²) in [7, 11) is 3.28. The Bertz CT molecular complexity index is 594. The van der Waals surface area contributed by atoms with E-state index >= 15 is 0 Å². The van der Waals surface area contributed by atoms with Crippen molar-refractivity contribution in [3.05, 3.63) is 29.8 Å². The molecule has 0 saturated heterocycles. The quantitative estimate of drug-likeness (QED) is 0.806. The maximum atomic E-state index is 12.4. The number of rotatable bonds is 3. The molecule has 0 bridgehead atoms. The molecule has 1 saturated carbocycles. The Morgan fingerprint density at radius 1 is 1.25 bits per heavy atom. The number of halogens is 1. The van der Waals surface area contributed by atoms with Crippen molar-refractivity contribution in [2.75, 3.05) is 7.05 Å². The third-order valence-electron chi connectivity index (χ3n) is 3.81. The molecular weight excluding hydrogens is 298 g/mol. The van der Waals surface area contributed by atoms with Gasteiger partial charge in [-0.3, -0.25) is 4.79 Å². The highest BCUT2D eigenvalue weighted by molar-refractivity contribution is 8.13. The van der Waals surface area contributed by atoms with Crippen LogP contribution in [0.1, 0.15) is 42.5 Å². The van der Waals surface area contributed by atoms with Crippen LogP contribution in [0.3, 0.4) is 0 Å². The zero-order chi connectivity index (χ0) is 14.8. The molecular formula is C14H18ClNO3S. The SMILES string of the molecule is CN(C(=O)c1cccc(S(=O)(=O)Cl)c1)C1CCCCC1. The van der Waals surface area contributed by atoms with E-state index in [9.17, 15) is 13.2 Å². The van der Waals surface area contributed by atoms with Crippen LogP contribution in [0.2, 0.25) is 0 Å². The first-order chi connectivity index (χ1) is 9.39. The lowest BCUT2D eigenvalue weighted by atomic mass is 9.94. The van der Waals surface area contributed by atoms with Gasteiger partial charge < -0.3 is 4.90 Å². The zero-order valence-electron chi connectivity index (χ0n) is 11.4. The largest absolute Gasteiger partial charge is 0.339 e. The lowest BCUT2D eigenvalue weighted by Gasteiger charge is -2.31. The molecule has 1 aliphatic carbocycles. The van der Waals surface area contributed by atoms with Gasteiger partial charge in [0.15, 0.2) is 0 Å². The molecule has 110 valence electrons. The van der Waals surface area contributed by atoms with Crippen molar-refractivity contribution in [3.63, 3.8) is 0 Å². The molecule has 1 fully saturated rings. The third-order valence-corrected chi connectivity index (χ3v) is 5.16. The van der Waals surface area contributed by atoms with Gasteiger partial charge in [-0.2, -0.15) is 0 Å². The van der Waals surface area contributed by atoms with Crippen LogP contribution in [-0.2, 0) is 9.05 Å². The second-order valence-electron chi connectivity index (χ2n) is 5.17. The van der Waals surface area contributed by atoms with Crippen molar-refractivity contribution in [2.24, 2.45) is 0 Å². The van der Waals surface area contributed by atoms with Crippen molar-refractivity contribution < 1.29 is 13.2 Å². The molecule has 1 aromatic carbocycles. The highest BCUT2D eigenvalue weighted by Crippen LogP contribution is 2.24. The molecule has 0 spiro atoms. The second kappa shape index (κ2) is 6.14. The summed E-state index contributed by atoms with van der Waals surface area (Å²) in [5, 5.41) is 0. The predicted octanol–water partition coefficient (Wildman–Crippen LogP) is 3.02. The molecule has 2 rings (SSSR count). The van der Waals surface area contributed by atoms with Crippen LogP contribution in [0.15, 0.2) is 29.2 Å². The molecule has 0 radical (unpaired) electrons. The molecule has 0 N–H and O–H groups in total. The lowest BCUT2D eigenvalue weighted by Crippen LogP contribution is -2.38. The van der Waals surface area contributed by atoms with Crippen LogP contribution in [0.25, 0.3) is 0 Å². The molecule has 6 heteroatoms. The molecule has 4 nitrogen and oxygen atoms in total. The minimum Gasteiger partial charge on any atom is -0.339 e. The summed E-state index contributed by atoms with van der Waals surface area (Å²) in [6.07, 6.45) is 5.51. The molecule has 0 atom stereocenters. The number of carbonyl (C=O) groups is 1. The number of hydrogen-bond donors (Lipinski definition) is 0. The monoisotopic (exact) mass is 315 g/mol. The molecule has 0 unspecified atom stereocenters. The van der Waals surface area contributed by atoms with Crippen molar-refractivity contribution in [1.82, 2.24) is 4.90 Å². The first kappa shape index (κ1) is 15.3. The average molecular weight is 316 g/mol. The Kier molecular flexibility index (Phi) is 4.70. The molecule has 1 amide bonds. The fourth-order valence-electron chi connectivity index (χ4n) is 2.62. The van der Waals surface area contributed by atoms with Crippen molar-refractivity contribution >= 4 is 25.6 Å². The van der Waals surface area contributed by atoms with Gasteiger partial charge in [0, 0.05) is 29.3 Å². The topological polar surface area (TPSA) is 54.5 Å². The van der Waals surface area contributed by atoms with Crippen LogP contribution in [0.4, 0.5) is 0 Å². The molecule has 0 aromatic heterocycles. The van der Waals surface area contributed by atoms with Gasteiger partial charge in [-0.05, 0) is 31.0 Å². The van der Waals surface area contributed by atoms with Gasteiger partial charge in [0.1, 0.15) is 0 Å². The minimum absolute atomic E-state index is 0.0398. The van der Waals surface area contributed by atoms with Gasteiger partial charge in [0.25, 0.3) is 15.0 Å². The van der Waals surface area contributed by atoms with Crippen LogP contribution in [0.5, 0.6) is 0 Å². The summed E-state index contributed by atoms with van der Waals surface area (Å²) in [4.78, 5) is 14.1. The fraction of sp³-hybridized carbons (Fsp3) is 0.500. The summed E-state index contributed by atoms with van der Waals surface area (Å²) in [6, 6.07) is 6.13. The Morgan fingerprint density at radius 3 is 2.50 bits per heavy atom. The van der Waals surface area contributed by atoms with E-state index in [1.54, 1.807) is 18.0 Å². The number of nitrogens with zero attached hydrogens (tertiary/aromatic N) is 1. The number of carbonyl (C=O) groups excluding carboxylic acids is 1. The average Bonchev–Trinajstić information content (AvgIpc) is 2.46. The molecule has 1 aliphatic rings. The van der Waals surface area contributed by atoms with Gasteiger partial charge in [-0.25, -0.2) is 8.42 Å². The number of hydrogen-bond acceptors (Lipinski definition) is 3. The summed E-state index contributed by atoms with van der Waals surface area (Å²) in [5.41, 5.74) is 0.361. The maximum absolute atomic E-state index is 12.4. The van der Waals surface area contributed by atoms with E-state index in [1.807, 2.05) is 0 Å². The standard InChI is InChI=1S/C14H18ClNO3S/c1-16(12-7-3-2-4-8-12)14(17)11-6-5-9-13(10-11)20(15,18)19/h5-6,9-10,12H,2-4,7-8H2,1H3. The van der Waals surface area contributed by atoms with Gasteiger partial charge >= 0.3 is 0 Å². The first-order valence-electron chi connectivity index (χ1n) is 6.71. The van der Waals surface area contributed by atoms with E-state index in [1.165, 1.54) is 24.6 Å². The van der Waals surface area contributed by atoms with E-state index in [4.69, 9.17) is 10.7 Å². The number of amides is 1. The first-order valence-corrected chi connectivity index (χ1v) is 9.02. The Labute approximate surface area is 124 Å². The predicted molar refractivity (Wildman–Crippen MR) is 78.4 cm³/mol. The van der Waals surface area contributed by atoms with E-state index in [2.05, 4.69) is 0 Å². The molecule has 0 aliphatic heterocycles. The van der Waals surface area contributed by atoms with Gasteiger partial charge in [0.05, 0.1) is 4.90 Å². The smallest absolute Gasteiger partial charge is 0.261 e. The van der Waals surface area contributed by atoms with Crippen molar-refractivity contribution in [1.29, 1.82) is 0 Å². The zero-order valence-corrected chi connectivity index (χ0v) is 13.0. The van der Waals surface area contributed by atoms with E-state index in [-0.39, 0.29) is 16.8 Å². The van der Waals surface area contributed by atoms with Crippen molar-refractivity contribution in [3.8, 4) is 0 Å². The van der Waals surface area contributed by atoms with Crippen LogP contribution in [0, 0.1) is 0 Å². The lowest BCUT2D eigenvalue weighted by molar-refractivity contribution is 0.0696. The molecule has 20 heavy (non-hydrogen) atoms. The highest BCUT2D eigenvalue weighted by Gasteiger charge is 2.23. The van der Waals surface area contributed by atoms with Crippen LogP contribution < -0.4 is 0 Å². The fourth-order valence-corrected chi connectivity index (χ4v) is 3.42. The van der Waals surface area contributed by atoms with Gasteiger partial charge in [-0.15, -0.1) is 0 Å². The number of benzene rings is 1. The van der Waals surface area contributed by atoms with Gasteiger partial charge in [-0.1, -0.05) is 25.3 Å². The van der Waals surface area contributed by atoms with Crippen LogP contribution >= 0.6 is 10.7 Å². The van der Waals surface area contributed by atoms with Crippen molar-refractivity contribution in [2.45, 2.75) is 43.0 Å².